The first kappa shape index (κ1) is 17.2. The molecule has 0 aromatic heterocycles. The van der Waals surface area contributed by atoms with Crippen LogP contribution in [0.3, 0.4) is 0 Å². The topological polar surface area (TPSA) is 49.4 Å². The molecule has 0 aliphatic carbocycles. The Hall–Kier alpha value is -1.84. The van der Waals surface area contributed by atoms with E-state index in [0.29, 0.717) is 0 Å². The minimum absolute atomic E-state index is 0.00143. The second-order valence-electron chi connectivity index (χ2n) is 6.17. The van der Waals surface area contributed by atoms with Gasteiger partial charge in [0.25, 0.3) is 0 Å². The average Bonchev–Trinajstić information content (AvgIpc) is 2.47. The van der Waals surface area contributed by atoms with Gasteiger partial charge in [-0.1, -0.05) is 51.1 Å². The van der Waals surface area contributed by atoms with E-state index in [1.165, 1.54) is 0 Å². The van der Waals surface area contributed by atoms with E-state index in [2.05, 4.69) is 5.32 Å². The molecule has 0 spiro atoms. The number of carbonyl (C=O) groups is 2. The van der Waals surface area contributed by atoms with Crippen LogP contribution in [0.1, 0.15) is 45.2 Å². The molecule has 4 heteroatoms. The van der Waals surface area contributed by atoms with Crippen molar-refractivity contribution in [2.45, 2.75) is 39.7 Å². The van der Waals surface area contributed by atoms with Crippen molar-refractivity contribution in [1.29, 1.82) is 0 Å². The second-order valence-corrected chi connectivity index (χ2v) is 6.17. The molecule has 0 saturated carbocycles. The summed E-state index contributed by atoms with van der Waals surface area (Å²) in [5.41, 5.74) is 0.515. The molecule has 0 aliphatic rings. The fraction of sp³-hybridized carbons (Fsp3) is 0.529. The molecule has 0 bridgehead atoms. The number of rotatable bonds is 6. The standard InChI is InChI=1S/C17H26N2O2/c1-6-17(2,3)16(21)18-14(12-15(20)19(4)5)13-10-8-7-9-11-13/h7-11,14H,6,12H2,1-5H3,(H,18,21)/t14-/m0/s1. The molecule has 1 N–H and O–H groups in total. The van der Waals surface area contributed by atoms with Crippen molar-refractivity contribution in [2.75, 3.05) is 14.1 Å². The minimum Gasteiger partial charge on any atom is -0.349 e. The van der Waals surface area contributed by atoms with E-state index in [4.69, 9.17) is 0 Å². The first-order valence-corrected chi connectivity index (χ1v) is 7.34. The van der Waals surface area contributed by atoms with Crippen LogP contribution in [-0.4, -0.2) is 30.8 Å². The molecule has 0 fully saturated rings. The van der Waals surface area contributed by atoms with Crippen molar-refractivity contribution in [3.8, 4) is 0 Å². The lowest BCUT2D eigenvalue weighted by Gasteiger charge is -2.27. The summed E-state index contributed by atoms with van der Waals surface area (Å²) in [6, 6.07) is 9.34. The summed E-state index contributed by atoms with van der Waals surface area (Å²) in [5, 5.41) is 3.02. The lowest BCUT2D eigenvalue weighted by molar-refractivity contribution is -0.132. The van der Waals surface area contributed by atoms with Crippen LogP contribution in [0, 0.1) is 5.41 Å². The molecule has 1 aromatic rings. The van der Waals surface area contributed by atoms with Crippen LogP contribution >= 0.6 is 0 Å². The number of hydrogen-bond donors (Lipinski definition) is 1. The van der Waals surface area contributed by atoms with Crippen LogP contribution in [0.15, 0.2) is 30.3 Å². The number of carbonyl (C=O) groups excluding carboxylic acids is 2. The molecule has 2 amide bonds. The van der Waals surface area contributed by atoms with Gasteiger partial charge in [-0.2, -0.15) is 0 Å². The van der Waals surface area contributed by atoms with Crippen LogP contribution in [0.25, 0.3) is 0 Å². The van der Waals surface area contributed by atoms with Crippen LogP contribution in [0.4, 0.5) is 0 Å². The Kier molecular flexibility index (Phi) is 5.94. The highest BCUT2D eigenvalue weighted by Gasteiger charge is 2.28. The zero-order chi connectivity index (χ0) is 16.0. The zero-order valence-corrected chi connectivity index (χ0v) is 13.6. The van der Waals surface area contributed by atoms with Gasteiger partial charge in [0.2, 0.25) is 11.8 Å². The monoisotopic (exact) mass is 290 g/mol. The van der Waals surface area contributed by atoms with E-state index < -0.39 is 5.41 Å². The largest absolute Gasteiger partial charge is 0.349 e. The van der Waals surface area contributed by atoms with Crippen molar-refractivity contribution in [2.24, 2.45) is 5.41 Å². The second kappa shape index (κ2) is 7.25. The number of hydrogen-bond acceptors (Lipinski definition) is 2. The van der Waals surface area contributed by atoms with E-state index in [1.807, 2.05) is 51.1 Å². The zero-order valence-electron chi connectivity index (χ0n) is 13.6. The quantitative estimate of drug-likeness (QED) is 0.876. The van der Waals surface area contributed by atoms with Crippen molar-refractivity contribution in [3.05, 3.63) is 35.9 Å². The first-order chi connectivity index (χ1) is 9.77. The molecule has 0 radical (unpaired) electrons. The van der Waals surface area contributed by atoms with Gasteiger partial charge in [-0.15, -0.1) is 0 Å². The van der Waals surface area contributed by atoms with E-state index in [1.54, 1.807) is 19.0 Å². The highest BCUT2D eigenvalue weighted by molar-refractivity contribution is 5.83. The predicted octanol–water partition coefficient (Wildman–Crippen LogP) is 2.76. The molecule has 0 aliphatic heterocycles. The lowest BCUT2D eigenvalue weighted by atomic mass is 9.88. The van der Waals surface area contributed by atoms with Gasteiger partial charge >= 0.3 is 0 Å². The van der Waals surface area contributed by atoms with E-state index in [9.17, 15) is 9.59 Å². The Bertz CT molecular complexity index is 481. The summed E-state index contributed by atoms with van der Waals surface area (Å²) in [5.74, 6) is -0.0242. The summed E-state index contributed by atoms with van der Waals surface area (Å²) in [6.07, 6.45) is 1.02. The molecule has 0 unspecified atom stereocenters. The molecule has 0 saturated heterocycles. The summed E-state index contributed by atoms with van der Waals surface area (Å²) in [7, 11) is 3.45. The van der Waals surface area contributed by atoms with Crippen molar-refractivity contribution in [1.82, 2.24) is 10.2 Å². The predicted molar refractivity (Wildman–Crippen MR) is 84.7 cm³/mol. The van der Waals surface area contributed by atoms with E-state index in [0.717, 1.165) is 12.0 Å². The van der Waals surface area contributed by atoms with Crippen molar-refractivity contribution >= 4 is 11.8 Å². The molecule has 1 rings (SSSR count). The maximum atomic E-state index is 12.4. The molecular weight excluding hydrogens is 264 g/mol. The van der Waals surface area contributed by atoms with Gasteiger partial charge in [0.05, 0.1) is 12.5 Å². The summed E-state index contributed by atoms with van der Waals surface area (Å²) < 4.78 is 0. The molecule has 0 heterocycles. The van der Waals surface area contributed by atoms with Crippen LogP contribution in [-0.2, 0) is 9.59 Å². The Labute approximate surface area is 127 Å². The van der Waals surface area contributed by atoms with Crippen molar-refractivity contribution < 1.29 is 9.59 Å². The fourth-order valence-electron chi connectivity index (χ4n) is 1.81. The molecular formula is C17H26N2O2. The smallest absolute Gasteiger partial charge is 0.226 e. The molecule has 1 aromatic carbocycles. The highest BCUT2D eigenvalue weighted by atomic mass is 16.2. The number of nitrogens with one attached hydrogen (secondary N) is 1. The fourth-order valence-corrected chi connectivity index (χ4v) is 1.81. The molecule has 116 valence electrons. The summed E-state index contributed by atoms with van der Waals surface area (Å²) in [4.78, 5) is 25.9. The number of benzene rings is 1. The molecule has 1 atom stereocenters. The van der Waals surface area contributed by atoms with Gasteiger partial charge in [-0.25, -0.2) is 0 Å². The third kappa shape index (κ3) is 4.88. The van der Waals surface area contributed by atoms with Crippen LogP contribution in [0.2, 0.25) is 0 Å². The Morgan fingerprint density at radius 2 is 1.76 bits per heavy atom. The highest BCUT2D eigenvalue weighted by Crippen LogP contribution is 2.24. The maximum absolute atomic E-state index is 12.4. The first-order valence-electron chi connectivity index (χ1n) is 7.34. The number of amides is 2. The normalized spacial score (nSPS) is 12.6. The van der Waals surface area contributed by atoms with Gasteiger partial charge in [0, 0.05) is 19.5 Å². The third-order valence-electron chi connectivity index (χ3n) is 3.88. The third-order valence-corrected chi connectivity index (χ3v) is 3.88. The van der Waals surface area contributed by atoms with Crippen LogP contribution in [0.5, 0.6) is 0 Å². The van der Waals surface area contributed by atoms with Crippen LogP contribution < -0.4 is 5.32 Å². The Balaban J connectivity index is 2.93. The maximum Gasteiger partial charge on any atom is 0.226 e. The summed E-state index contributed by atoms with van der Waals surface area (Å²) >= 11 is 0. The van der Waals surface area contributed by atoms with Gasteiger partial charge in [0.15, 0.2) is 0 Å². The SMILES string of the molecule is CCC(C)(C)C(=O)N[C@@H](CC(=O)N(C)C)c1ccccc1. The van der Waals surface area contributed by atoms with E-state index in [-0.39, 0.29) is 24.3 Å². The van der Waals surface area contributed by atoms with Gasteiger partial charge in [-0.3, -0.25) is 9.59 Å². The molecule has 21 heavy (non-hydrogen) atoms. The Morgan fingerprint density at radius 3 is 2.24 bits per heavy atom. The lowest BCUT2D eigenvalue weighted by Crippen LogP contribution is -2.40. The van der Waals surface area contributed by atoms with Gasteiger partial charge in [-0.05, 0) is 12.0 Å². The Morgan fingerprint density at radius 1 is 1.19 bits per heavy atom. The minimum atomic E-state index is -0.436. The number of nitrogens with zero attached hydrogens (tertiary/aromatic N) is 1. The van der Waals surface area contributed by atoms with E-state index >= 15 is 0 Å². The molecule has 4 nitrogen and oxygen atoms in total. The summed E-state index contributed by atoms with van der Waals surface area (Å²) in [6.45, 7) is 5.82. The van der Waals surface area contributed by atoms with Gasteiger partial charge in [0.1, 0.15) is 0 Å². The van der Waals surface area contributed by atoms with Gasteiger partial charge < -0.3 is 10.2 Å². The van der Waals surface area contributed by atoms with Crippen molar-refractivity contribution in [3.63, 3.8) is 0 Å². The average molecular weight is 290 g/mol.